The van der Waals surface area contributed by atoms with Crippen LogP contribution in [0.5, 0.6) is 0 Å². The summed E-state index contributed by atoms with van der Waals surface area (Å²) < 4.78 is 13.8. The van der Waals surface area contributed by atoms with Gasteiger partial charge < -0.3 is 14.2 Å². The van der Waals surface area contributed by atoms with E-state index in [1.807, 2.05) is 0 Å². The molecule has 5 nitrogen and oxygen atoms in total. The lowest BCUT2D eigenvalue weighted by atomic mass is 10.5. The minimum atomic E-state index is -0.230. The van der Waals surface area contributed by atoms with Crippen molar-refractivity contribution in [3.8, 4) is 0 Å². The van der Waals surface area contributed by atoms with Crippen LogP contribution in [-0.4, -0.2) is 38.9 Å². The number of hydrogen-bond acceptors (Lipinski definition) is 5. The number of ether oxygens (including phenoxy) is 3. The van der Waals surface area contributed by atoms with Crippen LogP contribution in [0.15, 0.2) is 0 Å². The van der Waals surface area contributed by atoms with Gasteiger partial charge in [-0.3, -0.25) is 9.59 Å². The number of hydrogen-bond donors (Lipinski definition) is 0. The van der Waals surface area contributed by atoms with E-state index in [1.165, 1.54) is 13.8 Å². The Hall–Kier alpha value is -1.10. The maximum absolute atomic E-state index is 10.1. The van der Waals surface area contributed by atoms with Crippen molar-refractivity contribution in [2.24, 2.45) is 0 Å². The van der Waals surface area contributed by atoms with E-state index in [9.17, 15) is 9.59 Å². The van der Waals surface area contributed by atoms with E-state index >= 15 is 0 Å². The number of carbonyl (C=O) groups excluding carboxylic acids is 2. The van der Waals surface area contributed by atoms with Crippen LogP contribution in [0.25, 0.3) is 0 Å². The molecule has 0 spiro atoms. The van der Waals surface area contributed by atoms with E-state index in [0.29, 0.717) is 19.8 Å². The third-order valence-corrected chi connectivity index (χ3v) is 1.15. The van der Waals surface area contributed by atoms with E-state index in [1.54, 1.807) is 14.0 Å². The maximum Gasteiger partial charge on any atom is 0.302 e. The molecule has 0 heterocycles. The second kappa shape index (κ2) is 12.9. The largest absolute Gasteiger partial charge is 0.466 e. The van der Waals surface area contributed by atoms with Crippen LogP contribution in [0.3, 0.4) is 0 Å². The lowest BCUT2D eigenvalue weighted by Gasteiger charge is -1.98. The molecule has 0 unspecified atom stereocenters. The molecule has 0 aromatic carbocycles. The Morgan fingerprint density at radius 3 is 1.80 bits per heavy atom. The summed E-state index contributed by atoms with van der Waals surface area (Å²) in [4.78, 5) is 20.0. The van der Waals surface area contributed by atoms with E-state index < -0.39 is 0 Å². The molecule has 0 aromatic heterocycles. The zero-order valence-electron chi connectivity index (χ0n) is 9.87. The average molecular weight is 220 g/mol. The van der Waals surface area contributed by atoms with Gasteiger partial charge in [-0.25, -0.2) is 0 Å². The topological polar surface area (TPSA) is 61.8 Å². The highest BCUT2D eigenvalue weighted by atomic mass is 16.5. The second-order valence-electron chi connectivity index (χ2n) is 2.61. The zero-order valence-corrected chi connectivity index (χ0v) is 9.87. The fraction of sp³-hybridized carbons (Fsp3) is 0.800. The molecule has 0 saturated heterocycles. The van der Waals surface area contributed by atoms with Gasteiger partial charge in [0.15, 0.2) is 0 Å². The quantitative estimate of drug-likeness (QED) is 0.514. The van der Waals surface area contributed by atoms with Crippen molar-refractivity contribution in [3.63, 3.8) is 0 Å². The number of methoxy groups -OCH3 is 1. The molecule has 0 fully saturated rings. The van der Waals surface area contributed by atoms with Crippen LogP contribution in [0.4, 0.5) is 0 Å². The molecule has 0 radical (unpaired) electrons. The third kappa shape index (κ3) is 24.6. The van der Waals surface area contributed by atoms with Gasteiger partial charge in [-0.1, -0.05) is 0 Å². The summed E-state index contributed by atoms with van der Waals surface area (Å²) in [6.07, 6.45) is 0.774. The highest BCUT2D eigenvalue weighted by molar-refractivity contribution is 5.66. The minimum absolute atomic E-state index is 0.211. The summed E-state index contributed by atoms with van der Waals surface area (Å²) in [6.45, 7) is 6.16. The summed E-state index contributed by atoms with van der Waals surface area (Å²) >= 11 is 0. The highest BCUT2D eigenvalue weighted by Gasteiger charge is 1.90. The fourth-order valence-electron chi connectivity index (χ4n) is 0.622. The number of carbonyl (C=O) groups is 2. The van der Waals surface area contributed by atoms with Crippen molar-refractivity contribution in [1.82, 2.24) is 0 Å². The molecule has 0 amide bonds. The maximum atomic E-state index is 10.1. The molecule has 0 saturated carbocycles. The molecule has 0 aliphatic heterocycles. The summed E-state index contributed by atoms with van der Waals surface area (Å²) in [6, 6.07) is 0. The van der Waals surface area contributed by atoms with Crippen molar-refractivity contribution in [2.75, 3.05) is 26.9 Å². The van der Waals surface area contributed by atoms with E-state index in [2.05, 4.69) is 9.47 Å². The van der Waals surface area contributed by atoms with E-state index in [4.69, 9.17) is 4.74 Å². The first-order chi connectivity index (χ1) is 7.04. The molecular formula is C10H20O5. The first-order valence-electron chi connectivity index (χ1n) is 4.80. The monoisotopic (exact) mass is 220 g/mol. The Morgan fingerprint density at radius 1 is 1.00 bits per heavy atom. The summed E-state index contributed by atoms with van der Waals surface area (Å²) in [5.41, 5.74) is 0. The molecule has 0 rings (SSSR count). The van der Waals surface area contributed by atoms with Gasteiger partial charge in [-0.05, 0) is 6.92 Å². The van der Waals surface area contributed by atoms with Crippen LogP contribution in [-0.2, 0) is 23.8 Å². The fourth-order valence-corrected chi connectivity index (χ4v) is 0.622. The van der Waals surface area contributed by atoms with Gasteiger partial charge >= 0.3 is 11.9 Å². The Bertz CT molecular complexity index is 167. The average Bonchev–Trinajstić information content (AvgIpc) is 2.13. The van der Waals surface area contributed by atoms with Crippen molar-refractivity contribution in [3.05, 3.63) is 0 Å². The third-order valence-electron chi connectivity index (χ3n) is 1.15. The van der Waals surface area contributed by atoms with Crippen LogP contribution >= 0.6 is 0 Å². The van der Waals surface area contributed by atoms with E-state index in [-0.39, 0.29) is 11.9 Å². The summed E-state index contributed by atoms with van der Waals surface area (Å²) in [5.74, 6) is -0.441. The Balaban J connectivity index is 0. The first kappa shape index (κ1) is 16.3. The van der Waals surface area contributed by atoms with Crippen molar-refractivity contribution in [1.29, 1.82) is 0 Å². The van der Waals surface area contributed by atoms with Gasteiger partial charge in [0, 0.05) is 34.0 Å². The van der Waals surface area contributed by atoms with Gasteiger partial charge in [0.1, 0.15) is 0 Å². The van der Waals surface area contributed by atoms with Gasteiger partial charge in [0.25, 0.3) is 0 Å². The second-order valence-corrected chi connectivity index (χ2v) is 2.61. The molecule has 0 atom stereocenters. The zero-order chi connectivity index (χ0) is 12.1. The molecule has 0 aliphatic rings. The van der Waals surface area contributed by atoms with Crippen LogP contribution < -0.4 is 0 Å². The molecule has 0 N–H and O–H groups in total. The Kier molecular flexibility index (Phi) is 14.0. The molecule has 5 heteroatoms. The predicted molar refractivity (Wildman–Crippen MR) is 55.4 cm³/mol. The highest BCUT2D eigenvalue weighted by Crippen LogP contribution is 1.82. The summed E-state index contributed by atoms with van der Waals surface area (Å²) in [7, 11) is 1.62. The molecule has 0 aliphatic carbocycles. The molecule has 0 aromatic rings. The SMILES string of the molecule is CCOC(C)=O.COCCCOC(C)=O. The van der Waals surface area contributed by atoms with Crippen molar-refractivity contribution in [2.45, 2.75) is 27.2 Å². The van der Waals surface area contributed by atoms with Gasteiger partial charge in [0.05, 0.1) is 13.2 Å². The lowest BCUT2D eigenvalue weighted by molar-refractivity contribution is -0.141. The number of rotatable bonds is 5. The number of esters is 2. The van der Waals surface area contributed by atoms with Crippen LogP contribution in [0, 0.1) is 0 Å². The van der Waals surface area contributed by atoms with Gasteiger partial charge in [-0.2, -0.15) is 0 Å². The first-order valence-corrected chi connectivity index (χ1v) is 4.80. The van der Waals surface area contributed by atoms with E-state index in [0.717, 1.165) is 6.42 Å². The Morgan fingerprint density at radius 2 is 1.53 bits per heavy atom. The molecular weight excluding hydrogens is 200 g/mol. The van der Waals surface area contributed by atoms with Gasteiger partial charge in [0.2, 0.25) is 0 Å². The lowest BCUT2D eigenvalue weighted by Crippen LogP contribution is -2.02. The standard InChI is InChI=1S/C6H12O3.C4H8O2/c1-6(7)9-5-3-4-8-2;1-3-6-4(2)5/h3-5H2,1-2H3;3H2,1-2H3. The van der Waals surface area contributed by atoms with Crippen LogP contribution in [0.1, 0.15) is 27.2 Å². The summed E-state index contributed by atoms with van der Waals surface area (Å²) in [5, 5.41) is 0. The van der Waals surface area contributed by atoms with Gasteiger partial charge in [-0.15, -0.1) is 0 Å². The predicted octanol–water partition coefficient (Wildman–Crippen LogP) is 1.16. The van der Waals surface area contributed by atoms with Crippen molar-refractivity contribution >= 4 is 11.9 Å². The molecule has 90 valence electrons. The normalized spacial score (nSPS) is 8.53. The minimum Gasteiger partial charge on any atom is -0.466 e. The Labute approximate surface area is 90.7 Å². The molecule has 15 heavy (non-hydrogen) atoms. The molecule has 0 bridgehead atoms. The van der Waals surface area contributed by atoms with Crippen LogP contribution in [0.2, 0.25) is 0 Å². The van der Waals surface area contributed by atoms with Crippen molar-refractivity contribution < 1.29 is 23.8 Å². The smallest absolute Gasteiger partial charge is 0.302 e.